The van der Waals surface area contributed by atoms with Crippen molar-refractivity contribution in [2.24, 2.45) is 27.1 Å². The SMILES string of the molecule is ClP1(Cl)=NP2(Cl)=NP(Cl)(=N1)NCCCCCCCCNP1(Cl)=NP(Cl)(Cl)=NP(Cl)(=N1)NCCCCCCCCCCCCCCCCCCN2. The van der Waals surface area contributed by atoms with Crippen LogP contribution in [0.15, 0.2) is 27.1 Å². The Labute approximate surface area is 340 Å². The molecular formula is C26H56Cl8N10P6. The Balaban J connectivity index is 1.51. The monoisotopic (exact) mass is 974 g/mol. The van der Waals surface area contributed by atoms with E-state index in [1.807, 2.05) is 0 Å². The molecule has 0 saturated carbocycles. The molecule has 4 atom stereocenters. The van der Waals surface area contributed by atoms with Gasteiger partial charge in [0.15, 0.2) is 0 Å². The van der Waals surface area contributed by atoms with E-state index in [9.17, 15) is 0 Å². The van der Waals surface area contributed by atoms with Gasteiger partial charge >= 0.3 is 0 Å². The van der Waals surface area contributed by atoms with E-state index >= 15 is 0 Å². The highest BCUT2D eigenvalue weighted by molar-refractivity contribution is 8.18. The summed E-state index contributed by atoms with van der Waals surface area (Å²) in [5.74, 6) is -6.04. The van der Waals surface area contributed by atoms with E-state index in [-0.39, 0.29) is 0 Å². The van der Waals surface area contributed by atoms with Crippen LogP contribution in [0.1, 0.15) is 141 Å². The maximum absolute atomic E-state index is 6.85. The first kappa shape index (κ1) is 47.9. The molecule has 0 aromatic carbocycles. The van der Waals surface area contributed by atoms with Crippen molar-refractivity contribution < 1.29 is 0 Å². The summed E-state index contributed by atoms with van der Waals surface area (Å²) in [6.45, 7) is -8.71. The van der Waals surface area contributed by atoms with Gasteiger partial charge in [-0.05, 0) is 116 Å². The van der Waals surface area contributed by atoms with Crippen molar-refractivity contribution >= 4 is 129 Å². The zero-order chi connectivity index (χ0) is 36.5. The van der Waals surface area contributed by atoms with Crippen molar-refractivity contribution in [1.82, 2.24) is 20.3 Å². The van der Waals surface area contributed by atoms with Gasteiger partial charge in [-0.25, -0.2) is 0 Å². The zero-order valence-corrected chi connectivity index (χ0v) is 40.2. The van der Waals surface area contributed by atoms with E-state index in [4.69, 9.17) is 89.9 Å². The maximum atomic E-state index is 6.85. The molecule has 3 heterocycles. The summed E-state index contributed by atoms with van der Waals surface area (Å²) >= 11 is 53.3. The van der Waals surface area contributed by atoms with Crippen molar-refractivity contribution in [3.05, 3.63) is 0 Å². The van der Waals surface area contributed by atoms with Gasteiger partial charge in [-0.2, -0.15) is 27.1 Å². The largest absolute Gasteiger partial charge is 0.257 e. The molecule has 4 bridgehead atoms. The zero-order valence-electron chi connectivity index (χ0n) is 28.8. The van der Waals surface area contributed by atoms with E-state index in [0.717, 1.165) is 64.2 Å². The summed E-state index contributed by atoms with van der Waals surface area (Å²) in [4.78, 5) is 0. The van der Waals surface area contributed by atoms with Crippen molar-refractivity contribution in [3.8, 4) is 0 Å². The summed E-state index contributed by atoms with van der Waals surface area (Å²) in [5, 5.41) is 13.3. The van der Waals surface area contributed by atoms with Crippen LogP contribution in [-0.2, 0) is 0 Å². The van der Waals surface area contributed by atoms with Crippen molar-refractivity contribution in [2.45, 2.75) is 141 Å². The number of fused-ring (bicyclic) bond motifs is 2. The molecule has 0 aliphatic carbocycles. The second-order valence-electron chi connectivity index (χ2n) is 13.0. The minimum absolute atomic E-state index is 0.642. The minimum atomic E-state index is -3.02. The first-order chi connectivity index (χ1) is 23.7. The average molecular weight is 978 g/mol. The molecule has 3 rings (SSSR count). The van der Waals surface area contributed by atoms with Gasteiger partial charge < -0.3 is 0 Å². The number of nitrogens with one attached hydrogen (secondary N) is 4. The normalized spacial score (nSPS) is 36.0. The van der Waals surface area contributed by atoms with Gasteiger partial charge in [0.25, 0.3) is 11.8 Å². The van der Waals surface area contributed by atoms with Gasteiger partial charge in [0.05, 0.1) is 0 Å². The van der Waals surface area contributed by atoms with Crippen LogP contribution in [-0.4, -0.2) is 26.2 Å². The van der Waals surface area contributed by atoms with Gasteiger partial charge in [0, 0.05) is 26.2 Å². The highest BCUT2D eigenvalue weighted by Gasteiger charge is 2.34. The highest BCUT2D eigenvalue weighted by Crippen LogP contribution is 2.84. The van der Waals surface area contributed by atoms with Gasteiger partial charge in [-0.3, -0.25) is 20.3 Å². The fraction of sp³-hybridized carbons (Fsp3) is 1.00. The van der Waals surface area contributed by atoms with Crippen molar-refractivity contribution in [3.63, 3.8) is 0 Å². The average Bonchev–Trinajstić information content (AvgIpc) is 2.98. The molecule has 4 N–H and O–H groups in total. The minimum Gasteiger partial charge on any atom is -0.253 e. The Morgan fingerprint density at radius 3 is 0.640 bits per heavy atom. The first-order valence-corrected chi connectivity index (χ1v) is 35.5. The molecule has 24 heteroatoms. The van der Waals surface area contributed by atoms with Gasteiger partial charge in [0.2, 0.25) is 26.8 Å². The van der Waals surface area contributed by atoms with E-state index in [0.29, 0.717) is 26.2 Å². The van der Waals surface area contributed by atoms with Gasteiger partial charge in [-0.15, -0.1) is 0 Å². The quantitative estimate of drug-likeness (QED) is 0.181. The number of hydrogen-bond acceptors (Lipinski definition) is 10. The van der Waals surface area contributed by atoms with Gasteiger partial charge in [-0.1, -0.05) is 116 Å². The molecule has 0 amide bonds. The Hall–Kier alpha value is 3.54. The molecule has 10 nitrogen and oxygen atoms in total. The third-order valence-electron chi connectivity index (χ3n) is 8.34. The fourth-order valence-electron chi connectivity index (χ4n) is 5.81. The van der Waals surface area contributed by atoms with Crippen molar-refractivity contribution in [1.29, 1.82) is 0 Å². The molecule has 0 aromatic heterocycles. The third-order valence-corrected chi connectivity index (χ3v) is 33.0. The summed E-state index contributed by atoms with van der Waals surface area (Å²) in [6.07, 6.45) is 25.8. The lowest BCUT2D eigenvalue weighted by atomic mass is 10.0. The van der Waals surface area contributed by atoms with Crippen LogP contribution in [0, 0.1) is 0 Å². The molecule has 0 fully saturated rings. The predicted molar refractivity (Wildman–Crippen MR) is 236 cm³/mol. The Morgan fingerprint density at radius 2 is 0.420 bits per heavy atom. The molecular weight excluding hydrogens is 922 g/mol. The molecule has 296 valence electrons. The summed E-state index contributed by atoms with van der Waals surface area (Å²) in [7, 11) is 0. The summed E-state index contributed by atoms with van der Waals surface area (Å²) in [6, 6.07) is 0. The third kappa shape index (κ3) is 20.8. The second kappa shape index (κ2) is 24.5. The first-order valence-electron chi connectivity index (χ1n) is 18.1. The van der Waals surface area contributed by atoms with E-state index in [1.54, 1.807) is 0 Å². The van der Waals surface area contributed by atoms with Gasteiger partial charge in [0.1, 0.15) is 0 Å². The van der Waals surface area contributed by atoms with E-state index < -0.39 is 38.7 Å². The molecule has 3 aliphatic heterocycles. The molecule has 0 aromatic rings. The lowest BCUT2D eigenvalue weighted by Gasteiger charge is -2.26. The summed E-state index contributed by atoms with van der Waals surface area (Å²) in [5.41, 5.74) is 0. The number of hydrogen-bond donors (Lipinski definition) is 4. The van der Waals surface area contributed by atoms with Crippen LogP contribution in [0.5, 0.6) is 0 Å². The molecule has 4 unspecified atom stereocenters. The lowest BCUT2D eigenvalue weighted by Crippen LogP contribution is -2.12. The van der Waals surface area contributed by atoms with Crippen LogP contribution >= 0.6 is 129 Å². The highest BCUT2D eigenvalue weighted by atomic mass is 35.9. The topological polar surface area (TPSA) is 122 Å². The molecule has 0 radical (unpaired) electrons. The molecule has 3 aliphatic rings. The number of halogens is 8. The smallest absolute Gasteiger partial charge is 0.253 e. The van der Waals surface area contributed by atoms with Crippen LogP contribution in [0.3, 0.4) is 0 Å². The van der Waals surface area contributed by atoms with Crippen LogP contribution in [0.25, 0.3) is 0 Å². The molecule has 50 heavy (non-hydrogen) atoms. The Morgan fingerprint density at radius 1 is 0.240 bits per heavy atom. The van der Waals surface area contributed by atoms with E-state index in [2.05, 4.69) is 47.4 Å². The standard InChI is InChI=1S/C26H56Cl8N10P6/c27-45(28)39-47(31)35-23-19-15-11-9-7-5-3-1-2-4-6-8-10-12-16-20-24-36-48(32)40-46(29,30)42-50(34,44-48)38-26-22-18-14-13-17-21-25-37-49(33,41-45)43-47/h35-38H,1-26H2. The number of rotatable bonds is 0. The summed E-state index contributed by atoms with van der Waals surface area (Å²) < 4.78 is 27.1. The second-order valence-corrected chi connectivity index (χ2v) is 36.9. The predicted octanol–water partition coefficient (Wildman–Crippen LogP) is 18.6. The van der Waals surface area contributed by atoms with Crippen LogP contribution in [0.2, 0.25) is 0 Å². The maximum Gasteiger partial charge on any atom is 0.257 e. The van der Waals surface area contributed by atoms with Crippen LogP contribution in [0.4, 0.5) is 0 Å². The fourth-order valence-corrected chi connectivity index (χ4v) is 37.7. The Bertz CT molecular complexity index is 1290. The van der Waals surface area contributed by atoms with Crippen molar-refractivity contribution in [2.75, 3.05) is 26.2 Å². The van der Waals surface area contributed by atoms with Crippen LogP contribution < -0.4 is 20.3 Å². The van der Waals surface area contributed by atoms with E-state index in [1.165, 1.54) is 77.0 Å². The lowest BCUT2D eigenvalue weighted by molar-refractivity contribution is 0.527. The Kier molecular flexibility index (Phi) is 23.4. The number of nitrogens with zero attached hydrogens (tertiary/aromatic N) is 6. The molecule has 0 saturated heterocycles. The molecule has 0 spiro atoms.